The highest BCUT2D eigenvalue weighted by atomic mass is 127. The van der Waals surface area contributed by atoms with Crippen molar-refractivity contribution in [2.75, 3.05) is 17.0 Å². The van der Waals surface area contributed by atoms with E-state index in [1.165, 1.54) is 0 Å². The van der Waals surface area contributed by atoms with E-state index in [1.807, 2.05) is 13.8 Å². The lowest BCUT2D eigenvalue weighted by molar-refractivity contribution is 0.582. The van der Waals surface area contributed by atoms with Gasteiger partial charge in [-0.05, 0) is 40.8 Å². The van der Waals surface area contributed by atoms with Crippen molar-refractivity contribution >= 4 is 49.9 Å². The summed E-state index contributed by atoms with van der Waals surface area (Å²) in [4.78, 5) is 0. The zero-order valence-corrected chi connectivity index (χ0v) is 13.9. The molecule has 0 atom stereocenters. The number of rotatable bonds is 6. The Morgan fingerprint density at radius 1 is 1.39 bits per heavy atom. The maximum absolute atomic E-state index is 11.8. The molecule has 4 nitrogen and oxygen atoms in total. The van der Waals surface area contributed by atoms with Gasteiger partial charge in [0.05, 0.1) is 16.5 Å². The predicted octanol–water partition coefficient (Wildman–Crippen LogP) is 2.68. The Balaban J connectivity index is 2.65. The van der Waals surface area contributed by atoms with E-state index < -0.39 is 10.0 Å². The fraction of sp³-hybridized carbons (Fsp3) is 0.455. The van der Waals surface area contributed by atoms with E-state index in [4.69, 9.17) is 11.6 Å². The van der Waals surface area contributed by atoms with Gasteiger partial charge in [0.25, 0.3) is 0 Å². The first-order valence-corrected chi connectivity index (χ1v) is 8.60. The van der Waals surface area contributed by atoms with Crippen LogP contribution in [-0.2, 0) is 10.0 Å². The van der Waals surface area contributed by atoms with Gasteiger partial charge in [-0.2, -0.15) is 0 Å². The Hall–Kier alpha value is -0.0500. The van der Waals surface area contributed by atoms with Crippen LogP contribution in [0.3, 0.4) is 0 Å². The summed E-state index contributed by atoms with van der Waals surface area (Å²) in [6.07, 6.45) is 0. The quantitative estimate of drug-likeness (QED) is 0.719. The first kappa shape index (κ1) is 16.0. The standard InChI is InChI=1S/C11H16ClIN2O2S/c1-8(2)14-5-6-18(16,17)15-11-4-3-9(13)7-10(11)12/h3-4,7-8,14-15H,5-6H2,1-2H3. The minimum Gasteiger partial charge on any atom is -0.313 e. The topological polar surface area (TPSA) is 58.2 Å². The van der Waals surface area contributed by atoms with Crippen molar-refractivity contribution in [2.45, 2.75) is 19.9 Å². The third-order valence-electron chi connectivity index (χ3n) is 2.12. The second kappa shape index (κ2) is 6.93. The number of benzene rings is 1. The van der Waals surface area contributed by atoms with Gasteiger partial charge in [0, 0.05) is 16.2 Å². The molecule has 0 radical (unpaired) electrons. The van der Waals surface area contributed by atoms with Crippen molar-refractivity contribution in [3.8, 4) is 0 Å². The highest BCUT2D eigenvalue weighted by Gasteiger charge is 2.12. The van der Waals surface area contributed by atoms with Gasteiger partial charge in [-0.15, -0.1) is 0 Å². The summed E-state index contributed by atoms with van der Waals surface area (Å²) in [7, 11) is -3.37. The van der Waals surface area contributed by atoms with E-state index in [9.17, 15) is 8.42 Å². The molecule has 7 heteroatoms. The third kappa shape index (κ3) is 5.73. The zero-order chi connectivity index (χ0) is 13.8. The largest absolute Gasteiger partial charge is 0.313 e. The fourth-order valence-corrected chi connectivity index (χ4v) is 3.23. The summed E-state index contributed by atoms with van der Waals surface area (Å²) in [5.41, 5.74) is 0.418. The van der Waals surface area contributed by atoms with Gasteiger partial charge in [0.1, 0.15) is 0 Å². The van der Waals surface area contributed by atoms with Crippen LogP contribution in [0, 0.1) is 3.57 Å². The van der Waals surface area contributed by atoms with Crippen molar-refractivity contribution < 1.29 is 8.42 Å². The normalized spacial score (nSPS) is 11.8. The van der Waals surface area contributed by atoms with Crippen LogP contribution in [0.1, 0.15) is 13.8 Å². The number of halogens is 2. The van der Waals surface area contributed by atoms with Gasteiger partial charge >= 0.3 is 0 Å². The number of sulfonamides is 1. The maximum Gasteiger partial charge on any atom is 0.234 e. The predicted molar refractivity (Wildman–Crippen MR) is 84.7 cm³/mol. The molecular weight excluding hydrogens is 387 g/mol. The highest BCUT2D eigenvalue weighted by Crippen LogP contribution is 2.24. The van der Waals surface area contributed by atoms with E-state index in [2.05, 4.69) is 32.6 Å². The molecule has 0 unspecified atom stereocenters. The van der Waals surface area contributed by atoms with Crippen LogP contribution in [0.2, 0.25) is 5.02 Å². The minimum atomic E-state index is -3.37. The average Bonchev–Trinajstić information content (AvgIpc) is 2.21. The van der Waals surface area contributed by atoms with E-state index in [-0.39, 0.29) is 11.8 Å². The molecule has 102 valence electrons. The number of anilines is 1. The second-order valence-electron chi connectivity index (χ2n) is 4.15. The van der Waals surface area contributed by atoms with Crippen LogP contribution >= 0.6 is 34.2 Å². The van der Waals surface area contributed by atoms with E-state index in [0.717, 1.165) is 3.57 Å². The Labute approximate surface area is 127 Å². The summed E-state index contributed by atoms with van der Waals surface area (Å²) in [5.74, 6) is 0.0213. The third-order valence-corrected chi connectivity index (χ3v) is 4.38. The molecule has 1 aromatic carbocycles. The lowest BCUT2D eigenvalue weighted by Gasteiger charge is -2.11. The summed E-state index contributed by atoms with van der Waals surface area (Å²) in [5, 5.41) is 3.46. The maximum atomic E-state index is 11.8. The lowest BCUT2D eigenvalue weighted by atomic mass is 10.3. The van der Waals surface area contributed by atoms with E-state index in [1.54, 1.807) is 18.2 Å². The molecule has 1 rings (SSSR count). The van der Waals surface area contributed by atoms with Crippen LogP contribution in [0.15, 0.2) is 18.2 Å². The van der Waals surface area contributed by atoms with Crippen LogP contribution in [0.25, 0.3) is 0 Å². The number of hydrogen-bond acceptors (Lipinski definition) is 3. The van der Waals surface area contributed by atoms with Crippen LogP contribution < -0.4 is 10.0 Å². The molecule has 0 spiro atoms. The first-order chi connectivity index (χ1) is 8.30. The monoisotopic (exact) mass is 402 g/mol. The molecule has 0 bridgehead atoms. The molecule has 18 heavy (non-hydrogen) atoms. The molecule has 1 aromatic rings. The molecule has 0 saturated carbocycles. The van der Waals surface area contributed by atoms with Gasteiger partial charge in [0.15, 0.2) is 0 Å². The summed E-state index contributed by atoms with van der Waals surface area (Å²) in [6.45, 7) is 4.35. The van der Waals surface area contributed by atoms with Crippen molar-refractivity contribution in [1.29, 1.82) is 0 Å². The summed E-state index contributed by atoms with van der Waals surface area (Å²) >= 11 is 8.09. The van der Waals surface area contributed by atoms with Crippen molar-refractivity contribution in [3.63, 3.8) is 0 Å². The number of nitrogens with one attached hydrogen (secondary N) is 2. The van der Waals surface area contributed by atoms with Gasteiger partial charge < -0.3 is 5.32 Å². The Morgan fingerprint density at radius 2 is 2.06 bits per heavy atom. The Morgan fingerprint density at radius 3 is 2.61 bits per heavy atom. The summed E-state index contributed by atoms with van der Waals surface area (Å²) in [6, 6.07) is 5.45. The highest BCUT2D eigenvalue weighted by molar-refractivity contribution is 14.1. The van der Waals surface area contributed by atoms with Gasteiger partial charge in [-0.25, -0.2) is 8.42 Å². The van der Waals surface area contributed by atoms with Crippen molar-refractivity contribution in [3.05, 3.63) is 26.8 Å². The van der Waals surface area contributed by atoms with Gasteiger partial charge in [-0.1, -0.05) is 25.4 Å². The number of hydrogen-bond donors (Lipinski definition) is 2. The summed E-state index contributed by atoms with van der Waals surface area (Å²) < 4.78 is 27.1. The van der Waals surface area contributed by atoms with E-state index in [0.29, 0.717) is 17.3 Å². The van der Waals surface area contributed by atoms with Gasteiger partial charge in [0.2, 0.25) is 10.0 Å². The van der Waals surface area contributed by atoms with Crippen molar-refractivity contribution in [2.24, 2.45) is 0 Å². The van der Waals surface area contributed by atoms with Gasteiger partial charge in [-0.3, -0.25) is 4.72 Å². The molecule has 2 N–H and O–H groups in total. The molecule has 0 aromatic heterocycles. The molecule has 0 aliphatic carbocycles. The first-order valence-electron chi connectivity index (χ1n) is 5.49. The Bertz CT molecular complexity index is 506. The zero-order valence-electron chi connectivity index (χ0n) is 10.2. The fourth-order valence-electron chi connectivity index (χ4n) is 1.27. The molecule has 0 fully saturated rings. The second-order valence-corrected chi connectivity index (χ2v) is 7.65. The smallest absolute Gasteiger partial charge is 0.234 e. The van der Waals surface area contributed by atoms with Crippen LogP contribution in [0.4, 0.5) is 5.69 Å². The molecule has 0 saturated heterocycles. The lowest BCUT2D eigenvalue weighted by Crippen LogP contribution is -2.31. The molecule has 0 amide bonds. The van der Waals surface area contributed by atoms with Crippen molar-refractivity contribution in [1.82, 2.24) is 5.32 Å². The Kier molecular flexibility index (Phi) is 6.16. The molecular formula is C11H16ClIN2O2S. The van der Waals surface area contributed by atoms with Crippen LogP contribution in [0.5, 0.6) is 0 Å². The minimum absolute atomic E-state index is 0.0213. The molecule has 0 aliphatic rings. The molecule has 0 heterocycles. The SMILES string of the molecule is CC(C)NCCS(=O)(=O)Nc1ccc(I)cc1Cl. The average molecular weight is 403 g/mol. The van der Waals surface area contributed by atoms with E-state index >= 15 is 0 Å². The van der Waals surface area contributed by atoms with Crippen LogP contribution in [-0.4, -0.2) is 26.8 Å². The molecule has 0 aliphatic heterocycles.